The zero-order valence-corrected chi connectivity index (χ0v) is 19.4. The van der Waals surface area contributed by atoms with E-state index in [9.17, 15) is 26.0 Å². The summed E-state index contributed by atoms with van der Waals surface area (Å²) in [5.74, 6) is -0.493. The Balaban J connectivity index is 1.63. The van der Waals surface area contributed by atoms with E-state index in [1.54, 1.807) is 0 Å². The number of sulfonamides is 1. The van der Waals surface area contributed by atoms with Crippen LogP contribution in [0.1, 0.15) is 19.0 Å². The van der Waals surface area contributed by atoms with E-state index in [4.69, 9.17) is 4.74 Å². The van der Waals surface area contributed by atoms with Crippen LogP contribution in [0.4, 0.5) is 35.0 Å². The molecule has 8 nitrogen and oxygen atoms in total. The van der Waals surface area contributed by atoms with E-state index in [0.717, 1.165) is 18.6 Å². The van der Waals surface area contributed by atoms with Crippen molar-refractivity contribution in [3.63, 3.8) is 0 Å². The lowest BCUT2D eigenvalue weighted by Crippen LogP contribution is -2.29. The Morgan fingerprint density at radius 1 is 0.971 bits per heavy atom. The molecule has 0 saturated heterocycles. The Hall–Kier alpha value is -3.45. The van der Waals surface area contributed by atoms with Gasteiger partial charge < -0.3 is 15.4 Å². The topological polar surface area (TPSA) is 105 Å². The first kappa shape index (κ1) is 26.2. The van der Waals surface area contributed by atoms with Gasteiger partial charge in [-0.2, -0.15) is 18.2 Å². The molecule has 3 N–H and O–H groups in total. The number of hydrogen-bond acceptors (Lipinski definition) is 7. The van der Waals surface area contributed by atoms with Crippen LogP contribution in [-0.4, -0.2) is 38.1 Å². The first-order chi connectivity index (χ1) is 16.6. The zero-order chi connectivity index (χ0) is 25.5. The molecule has 1 aromatic heterocycles. The number of nitrogens with zero attached hydrogens (tertiary/aromatic N) is 2. The highest BCUT2D eigenvalue weighted by molar-refractivity contribution is 7.89. The highest BCUT2D eigenvalue weighted by Crippen LogP contribution is 2.30. The lowest BCUT2D eigenvalue weighted by atomic mass is 10.3. The van der Waals surface area contributed by atoms with Crippen molar-refractivity contribution in [2.24, 2.45) is 0 Å². The summed E-state index contributed by atoms with van der Waals surface area (Å²) >= 11 is 0. The van der Waals surface area contributed by atoms with Gasteiger partial charge in [0.2, 0.25) is 16.0 Å². The molecule has 0 saturated carbocycles. The Kier molecular flexibility index (Phi) is 8.46. The first-order valence-electron chi connectivity index (χ1n) is 10.5. The molecule has 0 spiro atoms. The number of alkyl halides is 3. The van der Waals surface area contributed by atoms with Crippen molar-refractivity contribution >= 4 is 27.5 Å². The molecule has 2 aromatic carbocycles. The summed E-state index contributed by atoms with van der Waals surface area (Å²) in [5, 5.41) is 5.24. The zero-order valence-electron chi connectivity index (χ0n) is 18.6. The van der Waals surface area contributed by atoms with E-state index in [1.807, 2.05) is 6.92 Å². The van der Waals surface area contributed by atoms with Gasteiger partial charge in [-0.3, -0.25) is 0 Å². The molecule has 0 unspecified atom stereocenters. The van der Waals surface area contributed by atoms with Crippen LogP contribution >= 0.6 is 0 Å². The Bertz CT molecular complexity index is 1220. The van der Waals surface area contributed by atoms with Gasteiger partial charge in [-0.1, -0.05) is 6.92 Å². The van der Waals surface area contributed by atoms with Crippen LogP contribution in [0, 0.1) is 5.82 Å². The second-order valence-electron chi connectivity index (χ2n) is 7.24. The minimum absolute atomic E-state index is 0.0162. The van der Waals surface area contributed by atoms with Crippen LogP contribution in [0.2, 0.25) is 0 Å². The summed E-state index contributed by atoms with van der Waals surface area (Å²) < 4.78 is 85.5. The third kappa shape index (κ3) is 7.79. The highest BCUT2D eigenvalue weighted by Gasteiger charge is 2.33. The molecule has 188 valence electrons. The van der Waals surface area contributed by atoms with Crippen molar-refractivity contribution < 1.29 is 30.7 Å². The van der Waals surface area contributed by atoms with Gasteiger partial charge in [0.05, 0.1) is 11.5 Å². The molecule has 1 heterocycles. The molecule has 0 radical (unpaired) electrons. The van der Waals surface area contributed by atoms with Crippen molar-refractivity contribution in [3.8, 4) is 5.75 Å². The van der Waals surface area contributed by atoms with Crippen molar-refractivity contribution in [1.82, 2.24) is 14.7 Å². The maximum atomic E-state index is 13.3. The largest absolute Gasteiger partial charge is 0.494 e. The van der Waals surface area contributed by atoms with Crippen LogP contribution in [0.3, 0.4) is 0 Å². The highest BCUT2D eigenvalue weighted by atomic mass is 32.2. The predicted molar refractivity (Wildman–Crippen MR) is 123 cm³/mol. The Labute approximate surface area is 199 Å². The van der Waals surface area contributed by atoms with Gasteiger partial charge in [-0.25, -0.2) is 22.5 Å². The van der Waals surface area contributed by atoms with Crippen molar-refractivity contribution in [1.29, 1.82) is 0 Å². The maximum Gasteiger partial charge on any atom is 0.433 e. The molecule has 0 atom stereocenters. The van der Waals surface area contributed by atoms with Crippen LogP contribution < -0.4 is 20.1 Å². The van der Waals surface area contributed by atoms with E-state index in [1.165, 1.54) is 36.4 Å². The smallest absolute Gasteiger partial charge is 0.433 e. The minimum atomic E-state index is -4.74. The number of ether oxygens (including phenoxy) is 1. The van der Waals surface area contributed by atoms with Crippen LogP contribution in [0.15, 0.2) is 59.5 Å². The fraction of sp³-hybridized carbons (Fsp3) is 0.273. The molecule has 0 fully saturated rings. The van der Waals surface area contributed by atoms with Crippen molar-refractivity contribution in [2.75, 3.05) is 30.3 Å². The molecule has 3 rings (SSSR count). The van der Waals surface area contributed by atoms with Gasteiger partial charge >= 0.3 is 6.18 Å². The normalized spacial score (nSPS) is 11.8. The lowest BCUT2D eigenvalue weighted by molar-refractivity contribution is -0.141. The molecule has 0 aliphatic rings. The van der Waals surface area contributed by atoms with Crippen molar-refractivity contribution in [3.05, 3.63) is 66.1 Å². The average Bonchev–Trinajstić information content (AvgIpc) is 2.81. The standard InChI is InChI=1S/C22H23F4N5O3S/c1-2-13-34-17-7-9-18(10-8-17)35(32,33)28-12-11-27-21-30-19(22(24,25)26)14-20(31-21)29-16-5-3-15(23)4-6-16/h3-10,14,28H,2,11-13H2,1H3,(H2,27,29,30,31). The second-order valence-corrected chi connectivity index (χ2v) is 9.00. The summed E-state index contributed by atoms with van der Waals surface area (Å²) in [5.41, 5.74) is -0.881. The van der Waals surface area contributed by atoms with Gasteiger partial charge in [-0.05, 0) is 55.0 Å². The van der Waals surface area contributed by atoms with Crippen LogP contribution in [0.5, 0.6) is 5.75 Å². The summed E-state index contributed by atoms with van der Waals surface area (Å²) in [6, 6.07) is 11.5. The van der Waals surface area contributed by atoms with Gasteiger partial charge in [0.1, 0.15) is 17.4 Å². The molecule has 0 aliphatic carbocycles. The van der Waals surface area contributed by atoms with Gasteiger partial charge in [0.25, 0.3) is 0 Å². The van der Waals surface area contributed by atoms with E-state index >= 15 is 0 Å². The van der Waals surface area contributed by atoms with Gasteiger partial charge in [-0.15, -0.1) is 0 Å². The number of benzene rings is 2. The molecule has 0 amide bonds. The summed E-state index contributed by atoms with van der Waals surface area (Å²) in [4.78, 5) is 7.44. The monoisotopic (exact) mass is 513 g/mol. The van der Waals surface area contributed by atoms with Gasteiger partial charge in [0, 0.05) is 24.8 Å². The first-order valence-corrected chi connectivity index (χ1v) is 12.0. The molecule has 13 heteroatoms. The SMILES string of the molecule is CCCOc1ccc(S(=O)(=O)NCCNc2nc(Nc3ccc(F)cc3)cc(C(F)(F)F)n2)cc1. The number of rotatable bonds is 11. The third-order valence-corrected chi connectivity index (χ3v) is 5.92. The summed E-state index contributed by atoms with van der Waals surface area (Å²) in [6.07, 6.45) is -3.93. The van der Waals surface area contributed by atoms with E-state index < -0.39 is 27.7 Å². The molecule has 35 heavy (non-hydrogen) atoms. The molecule has 0 aliphatic heterocycles. The lowest BCUT2D eigenvalue weighted by Gasteiger charge is -2.13. The molecular weight excluding hydrogens is 490 g/mol. The fourth-order valence-corrected chi connectivity index (χ4v) is 3.83. The number of anilines is 3. The minimum Gasteiger partial charge on any atom is -0.494 e. The van der Waals surface area contributed by atoms with Crippen molar-refractivity contribution in [2.45, 2.75) is 24.4 Å². The van der Waals surface area contributed by atoms with E-state index in [0.29, 0.717) is 24.1 Å². The maximum absolute atomic E-state index is 13.3. The van der Waals surface area contributed by atoms with Crippen LogP contribution in [0.25, 0.3) is 0 Å². The number of halogens is 4. The predicted octanol–water partition coefficient (Wildman–Crippen LogP) is 4.56. The number of hydrogen-bond donors (Lipinski definition) is 3. The average molecular weight is 514 g/mol. The number of aromatic nitrogens is 2. The van der Waals surface area contributed by atoms with E-state index in [-0.39, 0.29) is 29.8 Å². The summed E-state index contributed by atoms with van der Waals surface area (Å²) in [7, 11) is -3.85. The Morgan fingerprint density at radius 2 is 1.66 bits per heavy atom. The molecule has 3 aromatic rings. The number of nitrogens with one attached hydrogen (secondary N) is 3. The fourth-order valence-electron chi connectivity index (χ4n) is 2.79. The van der Waals surface area contributed by atoms with E-state index in [2.05, 4.69) is 25.3 Å². The van der Waals surface area contributed by atoms with Crippen LogP contribution in [-0.2, 0) is 16.2 Å². The second kappa shape index (κ2) is 11.3. The van der Waals surface area contributed by atoms with Gasteiger partial charge in [0.15, 0.2) is 5.69 Å². The molecule has 0 bridgehead atoms. The Morgan fingerprint density at radius 3 is 2.29 bits per heavy atom. The molecular formula is C22H23F4N5O3S. The third-order valence-electron chi connectivity index (χ3n) is 4.44. The summed E-state index contributed by atoms with van der Waals surface area (Å²) in [6.45, 7) is 2.23. The quantitative estimate of drug-likeness (QED) is 0.255.